The van der Waals surface area contributed by atoms with Crippen LogP contribution in [-0.4, -0.2) is 5.91 Å². The minimum absolute atomic E-state index is 0. The van der Waals surface area contributed by atoms with Crippen LogP contribution in [0.2, 0.25) is 0 Å². The van der Waals surface area contributed by atoms with E-state index in [0.717, 1.165) is 30.4 Å². The zero-order valence-electron chi connectivity index (χ0n) is 13.2. The normalized spacial score (nSPS) is 13.0. The molecule has 0 radical (unpaired) electrons. The molecule has 0 bridgehead atoms. The van der Waals surface area contributed by atoms with Crippen molar-refractivity contribution in [3.8, 4) is 0 Å². The van der Waals surface area contributed by atoms with Gasteiger partial charge in [-0.25, -0.2) is 0 Å². The van der Waals surface area contributed by atoms with Gasteiger partial charge in [0, 0.05) is 0 Å². The number of primary amides is 1. The van der Waals surface area contributed by atoms with Gasteiger partial charge in [0.25, 0.3) is 0 Å². The van der Waals surface area contributed by atoms with Crippen LogP contribution in [0.3, 0.4) is 0 Å². The third kappa shape index (κ3) is 3.50. The molecule has 1 amide bonds. The summed E-state index contributed by atoms with van der Waals surface area (Å²) >= 11 is 0. The molecule has 2 aromatic carbocycles. The van der Waals surface area contributed by atoms with Gasteiger partial charge in [0.15, 0.2) is 0 Å². The number of carbonyl (C=O) groups excluding carboxylic acids is 1. The van der Waals surface area contributed by atoms with Crippen molar-refractivity contribution in [1.29, 1.82) is 0 Å². The molecule has 22 heavy (non-hydrogen) atoms. The predicted octanol–water partition coefficient (Wildman–Crippen LogP) is 4.38. The predicted molar refractivity (Wildman–Crippen MR) is 94.4 cm³/mol. The first kappa shape index (κ1) is 18.2. The molecule has 2 nitrogen and oxygen atoms in total. The van der Waals surface area contributed by atoms with Crippen LogP contribution >= 0.6 is 12.4 Å². The van der Waals surface area contributed by atoms with Crippen LogP contribution in [0, 0.1) is 6.92 Å². The quantitative estimate of drug-likeness (QED) is 0.844. The molecule has 0 aliphatic carbocycles. The average molecular weight is 318 g/mol. The van der Waals surface area contributed by atoms with Gasteiger partial charge < -0.3 is 5.73 Å². The Morgan fingerprint density at radius 2 is 1.55 bits per heavy atom. The van der Waals surface area contributed by atoms with E-state index in [4.69, 9.17) is 5.73 Å². The maximum absolute atomic E-state index is 12.4. The van der Waals surface area contributed by atoms with E-state index in [9.17, 15) is 4.79 Å². The molecule has 2 N–H and O–H groups in total. The summed E-state index contributed by atoms with van der Waals surface area (Å²) in [4.78, 5) is 12.4. The van der Waals surface area contributed by atoms with Crippen LogP contribution in [0.4, 0.5) is 0 Å². The summed E-state index contributed by atoms with van der Waals surface area (Å²) in [7, 11) is 0. The van der Waals surface area contributed by atoms with E-state index in [0.29, 0.717) is 0 Å². The highest BCUT2D eigenvalue weighted by Crippen LogP contribution is 2.37. The van der Waals surface area contributed by atoms with E-state index in [1.54, 1.807) is 0 Å². The maximum atomic E-state index is 12.4. The minimum Gasteiger partial charge on any atom is -0.369 e. The Morgan fingerprint density at radius 3 is 2.05 bits per heavy atom. The van der Waals surface area contributed by atoms with Gasteiger partial charge in [-0.2, -0.15) is 0 Å². The number of aryl methyl sites for hydroxylation is 1. The summed E-state index contributed by atoms with van der Waals surface area (Å²) < 4.78 is 0. The first-order chi connectivity index (χ1) is 10.1. The Kier molecular flexibility index (Phi) is 6.63. The summed E-state index contributed by atoms with van der Waals surface area (Å²) in [5.74, 6) is -0.272. The fourth-order valence-electron chi connectivity index (χ4n) is 2.87. The maximum Gasteiger partial charge on any atom is 0.232 e. The smallest absolute Gasteiger partial charge is 0.232 e. The van der Waals surface area contributed by atoms with Gasteiger partial charge in [-0.15, -0.1) is 12.4 Å². The molecule has 1 unspecified atom stereocenters. The second-order valence-corrected chi connectivity index (χ2v) is 5.61. The van der Waals surface area contributed by atoms with E-state index < -0.39 is 5.41 Å². The number of carbonyl (C=O) groups is 1. The van der Waals surface area contributed by atoms with Gasteiger partial charge in [-0.1, -0.05) is 79.9 Å². The summed E-state index contributed by atoms with van der Waals surface area (Å²) in [6.45, 7) is 4.18. The first-order valence-corrected chi connectivity index (χ1v) is 7.54. The molecule has 0 fully saturated rings. The first-order valence-electron chi connectivity index (χ1n) is 7.54. The van der Waals surface area contributed by atoms with Crippen molar-refractivity contribution < 1.29 is 4.79 Å². The second kappa shape index (κ2) is 8.00. The molecular formula is C19H24ClNO. The molecular weight excluding hydrogens is 294 g/mol. The van der Waals surface area contributed by atoms with Crippen LogP contribution in [0.1, 0.15) is 42.9 Å². The molecule has 0 spiro atoms. The van der Waals surface area contributed by atoms with Crippen LogP contribution < -0.4 is 5.73 Å². The fraction of sp³-hybridized carbons (Fsp3) is 0.316. The molecule has 3 heteroatoms. The number of benzene rings is 2. The highest BCUT2D eigenvalue weighted by Gasteiger charge is 2.39. The van der Waals surface area contributed by atoms with Gasteiger partial charge in [0.05, 0.1) is 5.41 Å². The Morgan fingerprint density at radius 1 is 1.00 bits per heavy atom. The highest BCUT2D eigenvalue weighted by atomic mass is 35.5. The third-order valence-electron chi connectivity index (χ3n) is 4.14. The molecule has 2 aromatic rings. The molecule has 0 heterocycles. The zero-order chi connectivity index (χ0) is 15.3. The van der Waals surface area contributed by atoms with Crippen molar-refractivity contribution in [1.82, 2.24) is 0 Å². The number of hydrogen-bond acceptors (Lipinski definition) is 1. The number of amides is 1. The standard InChI is InChI=1S/C19H23NO.ClH/c1-3-4-14-19(18(20)21,16-8-6-5-7-9-16)17-12-10-15(2)11-13-17;/h5-13H,3-4,14H2,1-2H3,(H2,20,21);1H. The molecule has 2 rings (SSSR count). The second-order valence-electron chi connectivity index (χ2n) is 5.61. The van der Waals surface area contributed by atoms with E-state index in [2.05, 4.69) is 6.92 Å². The van der Waals surface area contributed by atoms with Gasteiger partial charge in [0.1, 0.15) is 0 Å². The number of rotatable bonds is 6. The molecule has 1 atom stereocenters. The number of hydrogen-bond donors (Lipinski definition) is 1. The Bertz CT molecular complexity index is 595. The fourth-order valence-corrected chi connectivity index (χ4v) is 2.87. The monoisotopic (exact) mass is 317 g/mol. The minimum atomic E-state index is -0.731. The SMILES string of the molecule is CCCCC(C(N)=O)(c1ccccc1)c1ccc(C)cc1.Cl. The van der Waals surface area contributed by atoms with Crippen molar-refractivity contribution >= 4 is 18.3 Å². The Hall–Kier alpha value is -1.80. The van der Waals surface area contributed by atoms with E-state index in [1.807, 2.05) is 61.5 Å². The number of halogens is 1. The van der Waals surface area contributed by atoms with Crippen molar-refractivity contribution in [2.24, 2.45) is 5.73 Å². The number of unbranched alkanes of at least 4 members (excludes halogenated alkanes) is 1. The molecule has 0 aliphatic heterocycles. The zero-order valence-corrected chi connectivity index (χ0v) is 14.0. The van der Waals surface area contributed by atoms with Gasteiger partial charge in [-0.05, 0) is 24.5 Å². The molecule has 0 aliphatic rings. The van der Waals surface area contributed by atoms with Gasteiger partial charge >= 0.3 is 0 Å². The van der Waals surface area contributed by atoms with Crippen molar-refractivity contribution in [2.75, 3.05) is 0 Å². The van der Waals surface area contributed by atoms with Crippen molar-refractivity contribution in [3.63, 3.8) is 0 Å². The topological polar surface area (TPSA) is 43.1 Å². The Labute approximate surface area is 139 Å². The van der Waals surface area contributed by atoms with Gasteiger partial charge in [-0.3, -0.25) is 4.79 Å². The largest absolute Gasteiger partial charge is 0.369 e. The van der Waals surface area contributed by atoms with E-state index in [1.165, 1.54) is 5.56 Å². The summed E-state index contributed by atoms with van der Waals surface area (Å²) in [5.41, 5.74) is 8.29. The van der Waals surface area contributed by atoms with Crippen molar-refractivity contribution in [3.05, 3.63) is 71.3 Å². The Balaban J connectivity index is 0.00000242. The van der Waals surface area contributed by atoms with E-state index >= 15 is 0 Å². The summed E-state index contributed by atoms with van der Waals surface area (Å²) in [6, 6.07) is 18.0. The lowest BCUT2D eigenvalue weighted by Gasteiger charge is -2.32. The number of nitrogens with two attached hydrogens (primary N) is 1. The lowest BCUT2D eigenvalue weighted by molar-refractivity contribution is -0.122. The molecule has 118 valence electrons. The van der Waals surface area contributed by atoms with Gasteiger partial charge in [0.2, 0.25) is 5.91 Å². The summed E-state index contributed by atoms with van der Waals surface area (Å²) in [5, 5.41) is 0. The lowest BCUT2D eigenvalue weighted by atomic mass is 9.70. The van der Waals surface area contributed by atoms with E-state index in [-0.39, 0.29) is 18.3 Å². The van der Waals surface area contributed by atoms with Crippen LogP contribution in [0.15, 0.2) is 54.6 Å². The highest BCUT2D eigenvalue weighted by molar-refractivity contribution is 5.90. The average Bonchev–Trinajstić information content (AvgIpc) is 2.50. The van der Waals surface area contributed by atoms with Crippen LogP contribution in [-0.2, 0) is 10.2 Å². The third-order valence-corrected chi connectivity index (χ3v) is 4.14. The molecule has 0 aromatic heterocycles. The lowest BCUT2D eigenvalue weighted by Crippen LogP contribution is -2.42. The van der Waals surface area contributed by atoms with Crippen LogP contribution in [0.5, 0.6) is 0 Å². The molecule has 0 saturated heterocycles. The van der Waals surface area contributed by atoms with Crippen LogP contribution in [0.25, 0.3) is 0 Å². The summed E-state index contributed by atoms with van der Waals surface area (Å²) in [6.07, 6.45) is 2.74. The van der Waals surface area contributed by atoms with Crippen molar-refractivity contribution in [2.45, 2.75) is 38.5 Å². The molecule has 0 saturated carbocycles.